The maximum absolute atomic E-state index is 13.8. The zero-order valence-corrected chi connectivity index (χ0v) is 25.4. The summed E-state index contributed by atoms with van der Waals surface area (Å²) in [6.45, 7) is 7.34. The van der Waals surface area contributed by atoms with Crippen LogP contribution in [0, 0.1) is 0 Å². The van der Waals surface area contributed by atoms with Crippen LogP contribution in [0.25, 0.3) is 16.7 Å². The summed E-state index contributed by atoms with van der Waals surface area (Å²) in [7, 11) is -4.30. The highest BCUT2D eigenvalue weighted by Gasteiger charge is 2.30. The van der Waals surface area contributed by atoms with E-state index in [-0.39, 0.29) is 20.6 Å². The van der Waals surface area contributed by atoms with Gasteiger partial charge in [0, 0.05) is 28.2 Å². The molecule has 1 N–H and O–H groups in total. The zero-order valence-electron chi connectivity index (χ0n) is 22.3. The topological polar surface area (TPSA) is 106 Å². The van der Waals surface area contributed by atoms with Crippen molar-refractivity contribution in [2.24, 2.45) is 0 Å². The molecule has 4 rings (SSSR count). The maximum Gasteiger partial charge on any atom is 0.327 e. The number of nitrogens with one attached hydrogen (secondary N) is 1. The Morgan fingerprint density at radius 2 is 1.73 bits per heavy atom. The molecule has 212 valence electrons. The van der Waals surface area contributed by atoms with Crippen LogP contribution in [0.4, 0.5) is 11.5 Å². The Morgan fingerprint density at radius 1 is 1.02 bits per heavy atom. The number of nitrogens with zero attached hydrogens (tertiary/aromatic N) is 4. The molecule has 0 saturated carbocycles. The standard InChI is InChI=1S/C27H28Cl3N5O4S/c1-5-10-31-24-8-9-25(33-32-24)34-15-22(30)21-14-19(6-7-23(21)34)35(16-26(36)39-27(2,3)4)40(37,38)20-12-17(28)11-18(29)13-20/h6-9,11-15H,5,10,16H2,1-4H3,(H,31,32). The Labute approximate surface area is 248 Å². The van der Waals surface area contributed by atoms with E-state index in [0.29, 0.717) is 27.6 Å². The number of fused-ring (bicyclic) bond motifs is 1. The number of rotatable bonds is 9. The summed E-state index contributed by atoms with van der Waals surface area (Å²) in [6.07, 6.45) is 2.62. The molecule has 0 atom stereocenters. The molecule has 0 aliphatic rings. The fourth-order valence-electron chi connectivity index (χ4n) is 3.93. The first-order chi connectivity index (χ1) is 18.8. The van der Waals surface area contributed by atoms with Crippen molar-refractivity contribution in [1.82, 2.24) is 14.8 Å². The van der Waals surface area contributed by atoms with E-state index in [1.54, 1.807) is 55.8 Å². The van der Waals surface area contributed by atoms with Crippen LogP contribution in [-0.2, 0) is 19.6 Å². The molecule has 0 bridgehead atoms. The van der Waals surface area contributed by atoms with Crippen LogP contribution < -0.4 is 9.62 Å². The van der Waals surface area contributed by atoms with Gasteiger partial charge >= 0.3 is 5.97 Å². The molecule has 40 heavy (non-hydrogen) atoms. The molecule has 0 aliphatic carbocycles. The molecule has 0 aliphatic heterocycles. The predicted octanol–water partition coefficient (Wildman–Crippen LogP) is 6.74. The van der Waals surface area contributed by atoms with Crippen molar-refractivity contribution in [3.8, 4) is 5.82 Å². The number of anilines is 2. The average Bonchev–Trinajstić information content (AvgIpc) is 3.20. The molecule has 0 saturated heterocycles. The van der Waals surface area contributed by atoms with Gasteiger partial charge in [-0.25, -0.2) is 8.42 Å². The van der Waals surface area contributed by atoms with E-state index >= 15 is 0 Å². The summed E-state index contributed by atoms with van der Waals surface area (Å²) in [5.41, 5.74) is 0.0379. The van der Waals surface area contributed by atoms with Gasteiger partial charge in [-0.2, -0.15) is 0 Å². The summed E-state index contributed by atoms with van der Waals surface area (Å²) in [6, 6.07) is 12.4. The third kappa shape index (κ3) is 6.80. The molecular weight excluding hydrogens is 597 g/mol. The molecule has 0 unspecified atom stereocenters. The van der Waals surface area contributed by atoms with Crippen LogP contribution in [0.3, 0.4) is 0 Å². The minimum atomic E-state index is -4.30. The van der Waals surface area contributed by atoms with E-state index < -0.39 is 28.1 Å². The monoisotopic (exact) mass is 623 g/mol. The van der Waals surface area contributed by atoms with Crippen LogP contribution in [0.1, 0.15) is 34.1 Å². The normalized spacial score (nSPS) is 12.0. The van der Waals surface area contributed by atoms with Crippen molar-refractivity contribution in [2.45, 2.75) is 44.6 Å². The average molecular weight is 625 g/mol. The fourth-order valence-corrected chi connectivity index (χ4v) is 6.31. The summed E-state index contributed by atoms with van der Waals surface area (Å²) in [4.78, 5) is 12.7. The lowest BCUT2D eigenvalue weighted by Gasteiger charge is -2.26. The first-order valence-electron chi connectivity index (χ1n) is 12.4. The fraction of sp³-hybridized carbons (Fsp3) is 0.296. The number of carbonyl (C=O) groups excluding carboxylic acids is 1. The van der Waals surface area contributed by atoms with E-state index in [0.717, 1.165) is 17.3 Å². The Balaban J connectivity index is 1.78. The van der Waals surface area contributed by atoms with Gasteiger partial charge in [0.15, 0.2) is 5.82 Å². The lowest BCUT2D eigenvalue weighted by molar-refractivity contribution is -0.152. The molecule has 4 aromatic rings. The SMILES string of the molecule is CCCNc1ccc(-n2cc(Cl)c3cc(N(CC(=O)OC(C)(C)C)S(=O)(=O)c4cc(Cl)cc(Cl)c4)ccc32)nn1. The van der Waals surface area contributed by atoms with Crippen LogP contribution in [0.5, 0.6) is 0 Å². The molecule has 0 radical (unpaired) electrons. The van der Waals surface area contributed by atoms with Crippen molar-refractivity contribution in [3.63, 3.8) is 0 Å². The summed E-state index contributed by atoms with van der Waals surface area (Å²) in [5, 5.41) is 12.8. The smallest absolute Gasteiger partial charge is 0.327 e. The van der Waals surface area contributed by atoms with Crippen molar-refractivity contribution < 1.29 is 17.9 Å². The van der Waals surface area contributed by atoms with Gasteiger partial charge in [0.1, 0.15) is 18.0 Å². The third-order valence-corrected chi connectivity index (χ3v) is 8.09. The number of hydrogen-bond acceptors (Lipinski definition) is 7. The molecule has 2 aromatic carbocycles. The number of ether oxygens (including phenoxy) is 1. The van der Waals surface area contributed by atoms with E-state index in [9.17, 15) is 13.2 Å². The minimum Gasteiger partial charge on any atom is -0.459 e. The molecule has 0 fully saturated rings. The summed E-state index contributed by atoms with van der Waals surface area (Å²) in [5.74, 6) is 0.443. The van der Waals surface area contributed by atoms with Gasteiger partial charge in [-0.3, -0.25) is 13.7 Å². The van der Waals surface area contributed by atoms with Crippen LogP contribution in [0.2, 0.25) is 15.1 Å². The maximum atomic E-state index is 13.8. The Hall–Kier alpha value is -3.05. The molecule has 2 heterocycles. The minimum absolute atomic E-state index is 0.135. The van der Waals surface area contributed by atoms with Gasteiger partial charge in [0.25, 0.3) is 10.0 Å². The van der Waals surface area contributed by atoms with Crippen LogP contribution in [0.15, 0.2) is 59.6 Å². The zero-order chi connectivity index (χ0) is 29.2. The van der Waals surface area contributed by atoms with Crippen molar-refractivity contribution in [1.29, 1.82) is 0 Å². The molecule has 0 spiro atoms. The van der Waals surface area contributed by atoms with Crippen LogP contribution in [-0.4, -0.2) is 47.8 Å². The Morgan fingerprint density at radius 3 is 2.33 bits per heavy atom. The predicted molar refractivity (Wildman–Crippen MR) is 159 cm³/mol. The number of benzene rings is 2. The number of hydrogen-bond donors (Lipinski definition) is 1. The number of esters is 1. The van der Waals surface area contributed by atoms with E-state index in [1.807, 2.05) is 6.07 Å². The van der Waals surface area contributed by atoms with Gasteiger partial charge in [0.2, 0.25) is 0 Å². The largest absolute Gasteiger partial charge is 0.459 e. The lowest BCUT2D eigenvalue weighted by Crippen LogP contribution is -2.39. The Bertz CT molecular complexity index is 1630. The van der Waals surface area contributed by atoms with Gasteiger partial charge in [-0.1, -0.05) is 41.7 Å². The number of aromatic nitrogens is 3. The van der Waals surface area contributed by atoms with Gasteiger partial charge in [-0.15, -0.1) is 10.2 Å². The quantitative estimate of drug-likeness (QED) is 0.206. The second-order valence-electron chi connectivity index (χ2n) is 9.96. The highest BCUT2D eigenvalue weighted by atomic mass is 35.5. The Kier molecular flexibility index (Phi) is 8.84. The van der Waals surface area contributed by atoms with E-state index in [4.69, 9.17) is 39.5 Å². The van der Waals surface area contributed by atoms with Gasteiger partial charge < -0.3 is 10.1 Å². The summed E-state index contributed by atoms with van der Waals surface area (Å²) >= 11 is 18.8. The van der Waals surface area contributed by atoms with E-state index in [1.165, 1.54) is 18.2 Å². The molecular formula is C27H28Cl3N5O4S. The third-order valence-electron chi connectivity index (χ3n) is 5.60. The number of halogens is 3. The summed E-state index contributed by atoms with van der Waals surface area (Å²) < 4.78 is 35.8. The second-order valence-corrected chi connectivity index (χ2v) is 13.1. The number of sulfonamides is 1. The molecule has 2 aromatic heterocycles. The molecule has 9 nitrogen and oxygen atoms in total. The van der Waals surface area contributed by atoms with Gasteiger partial charge in [0.05, 0.1) is 21.1 Å². The van der Waals surface area contributed by atoms with Crippen molar-refractivity contribution in [3.05, 3.63) is 69.8 Å². The molecule has 0 amide bonds. The highest BCUT2D eigenvalue weighted by molar-refractivity contribution is 7.92. The molecule has 13 heteroatoms. The lowest BCUT2D eigenvalue weighted by atomic mass is 10.2. The van der Waals surface area contributed by atoms with Crippen LogP contribution >= 0.6 is 34.8 Å². The first kappa shape index (κ1) is 29.9. The first-order valence-corrected chi connectivity index (χ1v) is 14.9. The number of carbonyl (C=O) groups is 1. The second kappa shape index (κ2) is 11.8. The van der Waals surface area contributed by atoms with E-state index in [2.05, 4.69) is 22.4 Å². The van der Waals surface area contributed by atoms with Crippen molar-refractivity contribution in [2.75, 3.05) is 22.7 Å². The van der Waals surface area contributed by atoms with Crippen molar-refractivity contribution >= 4 is 73.2 Å². The van der Waals surface area contributed by atoms with Gasteiger partial charge in [-0.05, 0) is 75.7 Å². The highest BCUT2D eigenvalue weighted by Crippen LogP contribution is 2.34.